The van der Waals surface area contributed by atoms with Crippen LogP contribution in [0.25, 0.3) is 22.2 Å². The van der Waals surface area contributed by atoms with E-state index in [2.05, 4.69) is 20.7 Å². The summed E-state index contributed by atoms with van der Waals surface area (Å²) in [4.78, 5) is 24.0. The van der Waals surface area contributed by atoms with Crippen LogP contribution in [-0.4, -0.2) is 31.0 Å². The second kappa shape index (κ2) is 7.47. The quantitative estimate of drug-likeness (QED) is 0.414. The van der Waals surface area contributed by atoms with E-state index in [1.54, 1.807) is 12.1 Å². The number of carbonyl (C=O) groups is 1. The number of aryl methyl sites for hydroxylation is 1. The first-order valence-corrected chi connectivity index (χ1v) is 8.82. The molecule has 0 saturated heterocycles. The Morgan fingerprint density at radius 3 is 2.62 bits per heavy atom. The first kappa shape index (κ1) is 18.2. The Balaban J connectivity index is 1.50. The molecular formula is C20H16N6O3. The van der Waals surface area contributed by atoms with Crippen LogP contribution in [0.15, 0.2) is 60.7 Å². The molecule has 0 aliphatic carbocycles. The highest BCUT2D eigenvalue weighted by molar-refractivity contribution is 6.03. The molecule has 29 heavy (non-hydrogen) atoms. The van der Waals surface area contributed by atoms with Gasteiger partial charge in [-0.05, 0) is 35.2 Å². The van der Waals surface area contributed by atoms with Crippen LogP contribution in [-0.2, 0) is 11.3 Å². The van der Waals surface area contributed by atoms with E-state index in [1.165, 1.54) is 16.9 Å². The fourth-order valence-corrected chi connectivity index (χ4v) is 3.01. The van der Waals surface area contributed by atoms with Gasteiger partial charge in [-0.1, -0.05) is 36.4 Å². The van der Waals surface area contributed by atoms with E-state index in [4.69, 9.17) is 0 Å². The summed E-state index contributed by atoms with van der Waals surface area (Å²) in [5, 5.41) is 27.7. The van der Waals surface area contributed by atoms with E-state index in [1.807, 2.05) is 43.3 Å². The predicted octanol–water partition coefficient (Wildman–Crippen LogP) is 3.35. The smallest absolute Gasteiger partial charge is 0.269 e. The first-order chi connectivity index (χ1) is 14.0. The normalized spacial score (nSPS) is 10.8. The molecule has 144 valence electrons. The molecule has 0 aliphatic heterocycles. The molecule has 4 aromatic rings. The largest absolute Gasteiger partial charge is 0.324 e. The second-order valence-electron chi connectivity index (χ2n) is 6.47. The van der Waals surface area contributed by atoms with E-state index in [0.717, 1.165) is 22.0 Å². The van der Waals surface area contributed by atoms with Crippen LogP contribution in [0.2, 0.25) is 0 Å². The van der Waals surface area contributed by atoms with Crippen molar-refractivity contribution in [1.29, 1.82) is 0 Å². The van der Waals surface area contributed by atoms with Crippen LogP contribution in [0.4, 0.5) is 11.4 Å². The van der Waals surface area contributed by atoms with Gasteiger partial charge in [-0.3, -0.25) is 14.9 Å². The van der Waals surface area contributed by atoms with Crippen LogP contribution >= 0.6 is 0 Å². The van der Waals surface area contributed by atoms with Gasteiger partial charge in [0.15, 0.2) is 0 Å². The Bertz CT molecular complexity index is 1220. The van der Waals surface area contributed by atoms with Crippen LogP contribution < -0.4 is 5.32 Å². The number of fused-ring (bicyclic) bond motifs is 1. The molecule has 1 heterocycles. The minimum atomic E-state index is -0.479. The second-order valence-corrected chi connectivity index (χ2v) is 6.47. The number of nitrogens with one attached hydrogen (secondary N) is 1. The highest BCUT2D eigenvalue weighted by Gasteiger charge is 2.13. The number of tetrazole rings is 1. The number of aromatic nitrogens is 4. The standard InChI is InChI=1S/C20H16N6O3/c1-13-6-7-14-4-2-3-5-17(14)19(13)21-18(27)12-25-23-20(22-24-25)15-8-10-16(11-9-15)26(28)29/h2-11H,12H2,1H3,(H,21,27). The van der Waals surface area contributed by atoms with Gasteiger partial charge in [0.2, 0.25) is 11.7 Å². The Kier molecular flexibility index (Phi) is 4.70. The number of amides is 1. The van der Waals surface area contributed by atoms with E-state index in [0.29, 0.717) is 5.56 Å². The third-order valence-corrected chi connectivity index (χ3v) is 4.48. The van der Waals surface area contributed by atoms with E-state index in [9.17, 15) is 14.9 Å². The number of nitro benzene ring substituents is 1. The summed E-state index contributed by atoms with van der Waals surface area (Å²) in [7, 11) is 0. The van der Waals surface area contributed by atoms with Crippen LogP contribution in [0.3, 0.4) is 0 Å². The SMILES string of the molecule is Cc1ccc2ccccc2c1NC(=O)Cn1nnc(-c2ccc([N+](=O)[O-])cc2)n1. The van der Waals surface area contributed by atoms with Crippen LogP contribution in [0.5, 0.6) is 0 Å². The van der Waals surface area contributed by atoms with Crippen molar-refractivity contribution in [2.75, 3.05) is 5.32 Å². The molecule has 0 spiro atoms. The van der Waals surface area contributed by atoms with Crippen LogP contribution in [0.1, 0.15) is 5.56 Å². The van der Waals surface area contributed by atoms with Gasteiger partial charge in [0.05, 0.1) is 10.6 Å². The molecule has 0 aliphatic rings. The van der Waals surface area contributed by atoms with Crippen molar-refractivity contribution in [3.05, 3.63) is 76.3 Å². The van der Waals surface area contributed by atoms with Crippen molar-refractivity contribution in [3.8, 4) is 11.4 Å². The molecule has 1 aromatic heterocycles. The number of nitro groups is 1. The molecule has 9 nitrogen and oxygen atoms in total. The lowest BCUT2D eigenvalue weighted by Gasteiger charge is -2.11. The topological polar surface area (TPSA) is 116 Å². The molecule has 0 atom stereocenters. The lowest BCUT2D eigenvalue weighted by molar-refractivity contribution is -0.384. The van der Waals surface area contributed by atoms with Gasteiger partial charge in [0.1, 0.15) is 6.54 Å². The van der Waals surface area contributed by atoms with Gasteiger partial charge in [-0.15, -0.1) is 10.2 Å². The third-order valence-electron chi connectivity index (χ3n) is 4.48. The van der Waals surface area contributed by atoms with Crippen LogP contribution in [0, 0.1) is 17.0 Å². The molecular weight excluding hydrogens is 372 g/mol. The molecule has 4 rings (SSSR count). The van der Waals surface area contributed by atoms with Gasteiger partial charge in [-0.2, -0.15) is 4.80 Å². The highest BCUT2D eigenvalue weighted by atomic mass is 16.6. The fraction of sp³-hybridized carbons (Fsp3) is 0.100. The summed E-state index contributed by atoms with van der Waals surface area (Å²) in [6.45, 7) is 1.82. The number of anilines is 1. The van der Waals surface area contributed by atoms with Crippen molar-refractivity contribution < 1.29 is 9.72 Å². The Labute approximate surface area is 165 Å². The average molecular weight is 388 g/mol. The summed E-state index contributed by atoms with van der Waals surface area (Å²) in [5.74, 6) is 0.00569. The minimum Gasteiger partial charge on any atom is -0.324 e. The predicted molar refractivity (Wildman–Crippen MR) is 107 cm³/mol. The van der Waals surface area contributed by atoms with Crippen molar-refractivity contribution in [3.63, 3.8) is 0 Å². The molecule has 1 N–H and O–H groups in total. The zero-order valence-corrected chi connectivity index (χ0v) is 15.4. The van der Waals surface area contributed by atoms with Gasteiger partial charge in [0, 0.05) is 23.1 Å². The average Bonchev–Trinajstić information content (AvgIpc) is 3.18. The molecule has 0 bridgehead atoms. The lowest BCUT2D eigenvalue weighted by atomic mass is 10.0. The number of nitrogens with zero attached hydrogens (tertiary/aromatic N) is 5. The van der Waals surface area contributed by atoms with E-state index < -0.39 is 4.92 Å². The first-order valence-electron chi connectivity index (χ1n) is 8.82. The van der Waals surface area contributed by atoms with Gasteiger partial charge < -0.3 is 5.32 Å². The minimum absolute atomic E-state index is 0.0222. The summed E-state index contributed by atoms with van der Waals surface area (Å²) < 4.78 is 0. The van der Waals surface area contributed by atoms with Crippen molar-refractivity contribution in [1.82, 2.24) is 20.2 Å². The summed E-state index contributed by atoms with van der Waals surface area (Å²) in [5.41, 5.74) is 2.26. The number of benzene rings is 3. The van der Waals surface area contributed by atoms with Gasteiger partial charge >= 0.3 is 0 Å². The zero-order valence-electron chi connectivity index (χ0n) is 15.4. The molecule has 0 unspecified atom stereocenters. The number of carbonyl (C=O) groups excluding carboxylic acids is 1. The fourth-order valence-electron chi connectivity index (χ4n) is 3.01. The Morgan fingerprint density at radius 1 is 1.10 bits per heavy atom. The number of non-ortho nitro benzene ring substituents is 1. The van der Waals surface area contributed by atoms with Crippen molar-refractivity contribution in [2.45, 2.75) is 13.5 Å². The highest BCUT2D eigenvalue weighted by Crippen LogP contribution is 2.27. The monoisotopic (exact) mass is 388 g/mol. The molecule has 3 aromatic carbocycles. The maximum absolute atomic E-state index is 12.5. The maximum Gasteiger partial charge on any atom is 0.269 e. The Morgan fingerprint density at radius 2 is 1.86 bits per heavy atom. The molecule has 9 heteroatoms. The van der Waals surface area contributed by atoms with Gasteiger partial charge in [0.25, 0.3) is 5.69 Å². The van der Waals surface area contributed by atoms with Gasteiger partial charge in [-0.25, -0.2) is 0 Å². The van der Waals surface area contributed by atoms with Crippen molar-refractivity contribution in [2.24, 2.45) is 0 Å². The molecule has 1 amide bonds. The molecule has 0 fully saturated rings. The lowest BCUT2D eigenvalue weighted by Crippen LogP contribution is -2.21. The number of hydrogen-bond acceptors (Lipinski definition) is 6. The molecule has 0 saturated carbocycles. The summed E-state index contributed by atoms with van der Waals surface area (Å²) >= 11 is 0. The zero-order chi connectivity index (χ0) is 20.4. The van der Waals surface area contributed by atoms with E-state index in [-0.39, 0.29) is 24.0 Å². The van der Waals surface area contributed by atoms with Crippen molar-refractivity contribution >= 4 is 28.1 Å². The summed E-state index contributed by atoms with van der Waals surface area (Å²) in [6.07, 6.45) is 0. The third kappa shape index (κ3) is 3.79. The molecule has 0 radical (unpaired) electrons. The Hall–Kier alpha value is -4.14. The maximum atomic E-state index is 12.5. The number of hydrogen-bond donors (Lipinski definition) is 1. The number of rotatable bonds is 5. The van der Waals surface area contributed by atoms with E-state index >= 15 is 0 Å². The summed E-state index contributed by atoms with van der Waals surface area (Å²) in [6, 6.07) is 17.6.